The van der Waals surface area contributed by atoms with Gasteiger partial charge in [0, 0.05) is 19.2 Å². The van der Waals surface area contributed by atoms with Crippen LogP contribution < -0.4 is 5.73 Å². The van der Waals surface area contributed by atoms with Crippen molar-refractivity contribution in [2.45, 2.75) is 19.8 Å². The second kappa shape index (κ2) is 5.70. The summed E-state index contributed by atoms with van der Waals surface area (Å²) in [6.07, 6.45) is 1.69. The third-order valence-corrected chi connectivity index (χ3v) is 4.04. The number of carbonyl (C=O) groups is 1. The molecule has 19 heavy (non-hydrogen) atoms. The fraction of sp³-hybridized carbons (Fsp3) is 0.467. The van der Waals surface area contributed by atoms with Crippen LogP contribution in [-0.2, 0) is 11.2 Å². The van der Waals surface area contributed by atoms with Gasteiger partial charge < -0.3 is 10.6 Å². The zero-order valence-corrected chi connectivity index (χ0v) is 12.2. The molecule has 2 rings (SSSR count). The third kappa shape index (κ3) is 3.77. The predicted molar refractivity (Wildman–Crippen MR) is 80.9 cm³/mol. The minimum atomic E-state index is 0.169. The molecular weight excluding hydrogens is 256 g/mol. The Bertz CT molecular complexity index is 483. The molecule has 0 aliphatic heterocycles. The lowest BCUT2D eigenvalue weighted by Gasteiger charge is -2.17. The van der Waals surface area contributed by atoms with E-state index < -0.39 is 0 Å². The van der Waals surface area contributed by atoms with E-state index in [4.69, 9.17) is 18.0 Å². The van der Waals surface area contributed by atoms with Gasteiger partial charge in [0.05, 0.1) is 6.42 Å². The molecule has 0 spiro atoms. The van der Waals surface area contributed by atoms with E-state index in [2.05, 4.69) is 6.92 Å². The minimum absolute atomic E-state index is 0.169. The van der Waals surface area contributed by atoms with E-state index in [0.29, 0.717) is 17.3 Å². The predicted octanol–water partition coefficient (Wildman–Crippen LogP) is 1.98. The van der Waals surface area contributed by atoms with Crippen LogP contribution in [0.15, 0.2) is 24.3 Å². The second-order valence-corrected chi connectivity index (χ2v) is 5.93. The van der Waals surface area contributed by atoms with Crippen LogP contribution in [0.25, 0.3) is 0 Å². The summed E-state index contributed by atoms with van der Waals surface area (Å²) in [4.78, 5) is 14.3. The van der Waals surface area contributed by atoms with Gasteiger partial charge in [-0.25, -0.2) is 0 Å². The van der Waals surface area contributed by atoms with Crippen LogP contribution in [0, 0.1) is 11.8 Å². The van der Waals surface area contributed by atoms with E-state index in [1.165, 1.54) is 6.42 Å². The Balaban J connectivity index is 1.89. The fourth-order valence-corrected chi connectivity index (χ4v) is 2.34. The molecule has 1 aliphatic rings. The van der Waals surface area contributed by atoms with Crippen molar-refractivity contribution in [1.82, 2.24) is 4.90 Å². The van der Waals surface area contributed by atoms with Crippen LogP contribution in [0.3, 0.4) is 0 Å². The number of nitrogens with two attached hydrogens (primary N) is 1. The van der Waals surface area contributed by atoms with Gasteiger partial charge in [-0.3, -0.25) is 4.79 Å². The number of benzene rings is 1. The molecule has 102 valence electrons. The third-order valence-electron chi connectivity index (χ3n) is 3.80. The molecule has 0 heterocycles. The smallest absolute Gasteiger partial charge is 0.226 e. The van der Waals surface area contributed by atoms with E-state index in [1.54, 1.807) is 0 Å². The number of nitrogens with zero attached hydrogens (tertiary/aromatic N) is 1. The van der Waals surface area contributed by atoms with Crippen LogP contribution in [0.1, 0.15) is 24.5 Å². The van der Waals surface area contributed by atoms with Gasteiger partial charge in [0.25, 0.3) is 0 Å². The summed E-state index contributed by atoms with van der Waals surface area (Å²) in [6, 6.07) is 7.57. The Labute approximate surface area is 119 Å². The number of hydrogen-bond acceptors (Lipinski definition) is 2. The molecule has 0 saturated heterocycles. The zero-order valence-electron chi connectivity index (χ0n) is 11.4. The Morgan fingerprint density at radius 2 is 2.00 bits per heavy atom. The van der Waals surface area contributed by atoms with E-state index in [9.17, 15) is 4.79 Å². The maximum Gasteiger partial charge on any atom is 0.226 e. The zero-order chi connectivity index (χ0) is 14.0. The number of hydrogen-bond donors (Lipinski definition) is 1. The van der Waals surface area contributed by atoms with Gasteiger partial charge in [0.1, 0.15) is 4.99 Å². The molecule has 1 amide bonds. The standard InChI is InChI=1S/C15H20N2OS/c1-10-7-13(10)9-17(2)14(18)8-11-3-5-12(6-4-11)15(16)19/h3-6,10,13H,7-9H2,1-2H3,(H2,16,19). The fourth-order valence-electron chi connectivity index (χ4n) is 2.20. The van der Waals surface area contributed by atoms with Gasteiger partial charge in [-0.2, -0.15) is 0 Å². The average molecular weight is 276 g/mol. The van der Waals surface area contributed by atoms with Crippen LogP contribution in [0.2, 0.25) is 0 Å². The van der Waals surface area contributed by atoms with Gasteiger partial charge in [0.2, 0.25) is 5.91 Å². The molecule has 1 aromatic carbocycles. The van der Waals surface area contributed by atoms with Crippen molar-refractivity contribution in [3.63, 3.8) is 0 Å². The molecule has 1 saturated carbocycles. The van der Waals surface area contributed by atoms with E-state index >= 15 is 0 Å². The highest BCUT2D eigenvalue weighted by Gasteiger charge is 2.34. The van der Waals surface area contributed by atoms with Crippen molar-refractivity contribution in [3.8, 4) is 0 Å². The first-order valence-corrected chi connectivity index (χ1v) is 7.01. The first-order chi connectivity index (χ1) is 8.97. The van der Waals surface area contributed by atoms with Gasteiger partial charge in [-0.15, -0.1) is 0 Å². The largest absolute Gasteiger partial charge is 0.389 e. The monoisotopic (exact) mass is 276 g/mol. The van der Waals surface area contributed by atoms with Crippen LogP contribution in [0.5, 0.6) is 0 Å². The highest BCUT2D eigenvalue weighted by atomic mass is 32.1. The van der Waals surface area contributed by atoms with Gasteiger partial charge in [0.15, 0.2) is 0 Å². The first kappa shape index (κ1) is 14.0. The molecular formula is C15H20N2OS. The summed E-state index contributed by atoms with van der Waals surface area (Å²) in [6.45, 7) is 3.11. The lowest BCUT2D eigenvalue weighted by Crippen LogP contribution is -2.30. The molecule has 1 aromatic rings. The molecule has 2 unspecified atom stereocenters. The Morgan fingerprint density at radius 3 is 2.47 bits per heavy atom. The van der Waals surface area contributed by atoms with Crippen LogP contribution in [-0.4, -0.2) is 29.4 Å². The molecule has 2 N–H and O–H groups in total. The van der Waals surface area contributed by atoms with Gasteiger partial charge in [-0.05, 0) is 23.8 Å². The normalized spacial score (nSPS) is 20.9. The summed E-state index contributed by atoms with van der Waals surface area (Å²) in [5, 5.41) is 0. The Hall–Kier alpha value is -1.42. The highest BCUT2D eigenvalue weighted by molar-refractivity contribution is 7.80. The van der Waals surface area contributed by atoms with E-state index in [-0.39, 0.29) is 5.91 Å². The van der Waals surface area contributed by atoms with E-state index in [1.807, 2.05) is 36.2 Å². The minimum Gasteiger partial charge on any atom is -0.389 e. The Kier molecular flexibility index (Phi) is 4.20. The second-order valence-electron chi connectivity index (χ2n) is 5.49. The Morgan fingerprint density at radius 1 is 1.42 bits per heavy atom. The number of thiocarbonyl (C=S) groups is 1. The summed E-state index contributed by atoms with van der Waals surface area (Å²) >= 11 is 4.90. The highest BCUT2D eigenvalue weighted by Crippen LogP contribution is 2.37. The van der Waals surface area contributed by atoms with Crippen molar-refractivity contribution >= 4 is 23.1 Å². The quantitative estimate of drug-likeness (QED) is 0.837. The van der Waals surface area contributed by atoms with Crippen molar-refractivity contribution in [2.75, 3.05) is 13.6 Å². The van der Waals surface area contributed by atoms with Crippen molar-refractivity contribution < 1.29 is 4.79 Å². The lowest BCUT2D eigenvalue weighted by molar-refractivity contribution is -0.129. The number of likely N-dealkylation sites (N-methyl/N-ethyl adjacent to an activating group) is 1. The average Bonchev–Trinajstić information content (AvgIpc) is 3.05. The molecule has 0 bridgehead atoms. The summed E-state index contributed by atoms with van der Waals surface area (Å²) in [5.74, 6) is 1.65. The molecule has 3 nitrogen and oxygen atoms in total. The first-order valence-electron chi connectivity index (χ1n) is 6.60. The van der Waals surface area contributed by atoms with Gasteiger partial charge >= 0.3 is 0 Å². The number of carbonyl (C=O) groups excluding carboxylic acids is 1. The van der Waals surface area contributed by atoms with Crippen molar-refractivity contribution in [1.29, 1.82) is 0 Å². The topological polar surface area (TPSA) is 46.3 Å². The molecule has 2 atom stereocenters. The summed E-state index contributed by atoms with van der Waals surface area (Å²) < 4.78 is 0. The summed E-state index contributed by atoms with van der Waals surface area (Å²) in [7, 11) is 1.89. The maximum absolute atomic E-state index is 12.1. The molecule has 1 aliphatic carbocycles. The summed E-state index contributed by atoms with van der Waals surface area (Å²) in [5.41, 5.74) is 7.38. The van der Waals surface area contributed by atoms with Crippen LogP contribution in [0.4, 0.5) is 0 Å². The van der Waals surface area contributed by atoms with Crippen molar-refractivity contribution in [2.24, 2.45) is 17.6 Å². The lowest BCUT2D eigenvalue weighted by atomic mass is 10.1. The van der Waals surface area contributed by atoms with E-state index in [0.717, 1.165) is 23.6 Å². The van der Waals surface area contributed by atoms with Crippen molar-refractivity contribution in [3.05, 3.63) is 35.4 Å². The molecule has 0 aromatic heterocycles. The number of rotatable bonds is 5. The SMILES string of the molecule is CC1CC1CN(C)C(=O)Cc1ccc(C(N)=S)cc1. The molecule has 0 radical (unpaired) electrons. The molecule has 4 heteroatoms. The number of amides is 1. The van der Waals surface area contributed by atoms with Crippen LogP contribution >= 0.6 is 12.2 Å². The maximum atomic E-state index is 12.1. The van der Waals surface area contributed by atoms with Gasteiger partial charge in [-0.1, -0.05) is 43.4 Å². The molecule has 1 fully saturated rings.